The molecule has 1 saturated heterocycles. The summed E-state index contributed by atoms with van der Waals surface area (Å²) < 4.78 is 1.07. The smallest absolute Gasteiger partial charge is 0.319 e. The minimum absolute atomic E-state index is 0.0174. The number of carbonyl (C=O) groups is 2. The van der Waals surface area contributed by atoms with E-state index in [1.54, 1.807) is 0 Å². The molecule has 4 aromatic rings. The topological polar surface area (TPSA) is 84.6 Å². The molecule has 4 heterocycles. The van der Waals surface area contributed by atoms with E-state index in [-0.39, 0.29) is 18.0 Å². The van der Waals surface area contributed by atoms with Gasteiger partial charge in [0.25, 0.3) is 5.91 Å². The molecule has 2 N–H and O–H groups in total. The lowest BCUT2D eigenvalue weighted by Gasteiger charge is -2.44. The molecule has 0 unspecified atom stereocenters. The second kappa shape index (κ2) is 9.56. The van der Waals surface area contributed by atoms with Gasteiger partial charge in [-0.3, -0.25) is 9.89 Å². The molecule has 1 fully saturated rings. The van der Waals surface area contributed by atoms with E-state index in [0.717, 1.165) is 40.9 Å². The van der Waals surface area contributed by atoms with E-state index in [2.05, 4.69) is 39.6 Å². The number of H-pyrrole nitrogens is 1. The van der Waals surface area contributed by atoms with Crippen LogP contribution < -0.4 is 5.32 Å². The lowest BCUT2D eigenvalue weighted by molar-refractivity contribution is 0.0611. The van der Waals surface area contributed by atoms with Gasteiger partial charge in [0.2, 0.25) is 0 Å². The predicted molar refractivity (Wildman–Crippen MR) is 150 cm³/mol. The summed E-state index contributed by atoms with van der Waals surface area (Å²) in [5, 5.41) is 11.6. The van der Waals surface area contributed by atoms with Gasteiger partial charge in [-0.2, -0.15) is 5.10 Å². The second-order valence-electron chi connectivity index (χ2n) is 10.8. The van der Waals surface area contributed by atoms with Gasteiger partial charge in [0.15, 0.2) is 0 Å². The van der Waals surface area contributed by atoms with Crippen LogP contribution in [0.5, 0.6) is 0 Å². The zero-order valence-corrected chi connectivity index (χ0v) is 22.7. The van der Waals surface area contributed by atoms with Gasteiger partial charge in [-0.05, 0) is 50.4 Å². The van der Waals surface area contributed by atoms with Crippen molar-refractivity contribution in [3.8, 4) is 0 Å². The maximum absolute atomic E-state index is 14.1. The van der Waals surface area contributed by atoms with Gasteiger partial charge in [0, 0.05) is 29.9 Å². The Kier molecular flexibility index (Phi) is 6.20. The first kappa shape index (κ1) is 24.6. The molecule has 2 aliphatic rings. The van der Waals surface area contributed by atoms with Gasteiger partial charge in [0.1, 0.15) is 5.82 Å². The largest absolute Gasteiger partial charge is 0.321 e. The fraction of sp³-hybridized carbons (Fsp3) is 0.345. The third-order valence-electron chi connectivity index (χ3n) is 7.80. The standard InChI is InChI=1S/C29H32N6O2S/c1-29(2)25-22(26(32-31-25)30-27(36)24-16-20-11-7-8-12-23(20)38-24)18-35(29)28(37)34-14-13-33(3)17-21(34)15-19-9-5-4-6-10-19/h4-12,16,21H,13-15,17-18H2,1-3H3,(H2,30,31,32,36)/t21-/m0/s1. The van der Waals surface area contributed by atoms with Gasteiger partial charge in [-0.15, -0.1) is 11.3 Å². The van der Waals surface area contributed by atoms with E-state index in [4.69, 9.17) is 0 Å². The molecular formula is C29H32N6O2S. The number of carbonyl (C=O) groups excluding carboxylic acids is 2. The Bertz CT molecular complexity index is 1460. The molecular weight excluding hydrogens is 496 g/mol. The van der Waals surface area contributed by atoms with Crippen LogP contribution in [0.15, 0.2) is 60.7 Å². The van der Waals surface area contributed by atoms with Gasteiger partial charge in [-0.25, -0.2) is 4.79 Å². The minimum Gasteiger partial charge on any atom is -0.319 e. The molecule has 0 radical (unpaired) electrons. The maximum atomic E-state index is 14.1. The molecule has 0 spiro atoms. The Morgan fingerprint density at radius 1 is 1.11 bits per heavy atom. The summed E-state index contributed by atoms with van der Waals surface area (Å²) >= 11 is 1.46. The Morgan fingerprint density at radius 3 is 2.66 bits per heavy atom. The number of urea groups is 1. The third kappa shape index (κ3) is 4.35. The molecule has 6 rings (SSSR count). The molecule has 196 valence electrons. The molecule has 9 heteroatoms. The van der Waals surface area contributed by atoms with Crippen LogP contribution in [0.25, 0.3) is 10.1 Å². The van der Waals surface area contributed by atoms with Crippen LogP contribution in [0, 0.1) is 0 Å². The number of thiophene rings is 1. The Balaban J connectivity index is 1.22. The number of nitrogens with zero attached hydrogens (tertiary/aromatic N) is 4. The van der Waals surface area contributed by atoms with Crippen molar-refractivity contribution in [3.63, 3.8) is 0 Å². The number of nitrogens with one attached hydrogen (secondary N) is 2. The van der Waals surface area contributed by atoms with E-state index in [1.807, 2.05) is 72.2 Å². The van der Waals surface area contributed by atoms with Crippen LogP contribution in [0.4, 0.5) is 10.6 Å². The fourth-order valence-corrected chi connectivity index (χ4v) is 6.62. The van der Waals surface area contributed by atoms with Crippen LogP contribution in [0.2, 0.25) is 0 Å². The highest BCUT2D eigenvalue weighted by atomic mass is 32.1. The zero-order valence-electron chi connectivity index (χ0n) is 21.9. The summed E-state index contributed by atoms with van der Waals surface area (Å²) in [5.41, 5.74) is 2.29. The molecule has 0 saturated carbocycles. The van der Waals surface area contributed by atoms with Crippen LogP contribution in [-0.4, -0.2) is 69.6 Å². The zero-order chi connectivity index (χ0) is 26.4. The molecule has 2 aromatic carbocycles. The summed E-state index contributed by atoms with van der Waals surface area (Å²) in [6.45, 7) is 6.79. The average Bonchev–Trinajstić information content (AvgIpc) is 3.58. The van der Waals surface area contributed by atoms with Crippen molar-refractivity contribution in [2.75, 3.05) is 32.0 Å². The van der Waals surface area contributed by atoms with Crippen molar-refractivity contribution in [2.24, 2.45) is 0 Å². The van der Waals surface area contributed by atoms with Gasteiger partial charge >= 0.3 is 6.03 Å². The first-order valence-electron chi connectivity index (χ1n) is 13.0. The molecule has 8 nitrogen and oxygen atoms in total. The van der Waals surface area contributed by atoms with Crippen molar-refractivity contribution in [1.29, 1.82) is 0 Å². The second-order valence-corrected chi connectivity index (χ2v) is 11.8. The first-order valence-corrected chi connectivity index (χ1v) is 13.8. The van der Waals surface area contributed by atoms with Crippen molar-refractivity contribution < 1.29 is 9.59 Å². The van der Waals surface area contributed by atoms with E-state index in [9.17, 15) is 9.59 Å². The highest BCUT2D eigenvalue weighted by molar-refractivity contribution is 7.20. The number of fused-ring (bicyclic) bond motifs is 2. The normalized spacial score (nSPS) is 19.1. The average molecular weight is 529 g/mol. The number of benzene rings is 2. The number of piperazine rings is 1. The van der Waals surface area contributed by atoms with Crippen molar-refractivity contribution in [3.05, 3.63) is 82.4 Å². The van der Waals surface area contributed by atoms with Crippen LogP contribution in [0.1, 0.15) is 40.3 Å². The third-order valence-corrected chi connectivity index (χ3v) is 8.92. The van der Waals surface area contributed by atoms with Crippen LogP contribution in [-0.2, 0) is 18.5 Å². The lowest BCUT2D eigenvalue weighted by Crippen LogP contribution is -2.59. The molecule has 0 bridgehead atoms. The number of aromatic amines is 1. The van der Waals surface area contributed by atoms with Gasteiger partial charge in [0.05, 0.1) is 28.7 Å². The summed E-state index contributed by atoms with van der Waals surface area (Å²) in [5.74, 6) is 0.382. The lowest BCUT2D eigenvalue weighted by atomic mass is 10.00. The van der Waals surface area contributed by atoms with Crippen LogP contribution in [0.3, 0.4) is 0 Å². The minimum atomic E-state index is -0.607. The van der Waals surface area contributed by atoms with E-state index >= 15 is 0 Å². The van der Waals surface area contributed by atoms with Gasteiger partial charge in [-0.1, -0.05) is 48.5 Å². The molecule has 2 aliphatic heterocycles. The number of amides is 3. The summed E-state index contributed by atoms with van der Waals surface area (Å²) in [6, 6.07) is 20.3. The number of anilines is 1. The molecule has 2 aromatic heterocycles. The van der Waals surface area contributed by atoms with E-state index < -0.39 is 5.54 Å². The molecule has 1 atom stereocenters. The maximum Gasteiger partial charge on any atom is 0.321 e. The number of hydrogen-bond donors (Lipinski definition) is 2. The summed E-state index contributed by atoms with van der Waals surface area (Å²) in [4.78, 5) is 34.0. The van der Waals surface area contributed by atoms with E-state index in [0.29, 0.717) is 23.8 Å². The predicted octanol–water partition coefficient (Wildman–Crippen LogP) is 4.91. The highest BCUT2D eigenvalue weighted by Crippen LogP contribution is 2.41. The Labute approximate surface area is 226 Å². The fourth-order valence-electron chi connectivity index (χ4n) is 5.67. The van der Waals surface area contributed by atoms with Crippen LogP contribution >= 0.6 is 11.3 Å². The highest BCUT2D eigenvalue weighted by Gasteiger charge is 2.47. The number of likely N-dealkylation sites (N-methyl/N-ethyl adjacent to an activating group) is 1. The van der Waals surface area contributed by atoms with Gasteiger partial charge < -0.3 is 20.0 Å². The Hall–Kier alpha value is -3.69. The SMILES string of the molecule is CN1CCN(C(=O)N2Cc3c(n[nH]c3NC(=O)c3cc4ccccc4s3)C2(C)C)[C@@H](Cc2ccccc2)C1. The monoisotopic (exact) mass is 528 g/mol. The summed E-state index contributed by atoms with van der Waals surface area (Å²) in [7, 11) is 2.11. The number of aromatic nitrogens is 2. The Morgan fingerprint density at radius 2 is 1.87 bits per heavy atom. The molecule has 3 amide bonds. The summed E-state index contributed by atoms with van der Waals surface area (Å²) in [6.07, 6.45) is 0.812. The molecule has 0 aliphatic carbocycles. The van der Waals surface area contributed by atoms with Crippen molar-refractivity contribution in [1.82, 2.24) is 24.9 Å². The quantitative estimate of drug-likeness (QED) is 0.394. The van der Waals surface area contributed by atoms with Crippen molar-refractivity contribution >= 4 is 39.2 Å². The number of hydrogen-bond acceptors (Lipinski definition) is 5. The van der Waals surface area contributed by atoms with Crippen molar-refractivity contribution in [2.45, 2.75) is 38.4 Å². The van der Waals surface area contributed by atoms with E-state index in [1.165, 1.54) is 16.9 Å². The molecule has 38 heavy (non-hydrogen) atoms. The first-order chi connectivity index (χ1) is 18.3. The number of rotatable bonds is 4.